The van der Waals surface area contributed by atoms with Crippen LogP contribution in [-0.2, 0) is 10.8 Å². The summed E-state index contributed by atoms with van der Waals surface area (Å²) in [6.07, 6.45) is 0. The third-order valence-corrected chi connectivity index (χ3v) is 11.2. The van der Waals surface area contributed by atoms with Gasteiger partial charge in [-0.1, -0.05) is 92.7 Å². The van der Waals surface area contributed by atoms with E-state index in [4.69, 9.17) is 9.47 Å². The molecule has 2 nitrogen and oxygen atoms in total. The summed E-state index contributed by atoms with van der Waals surface area (Å²) in [7, 11) is 0. The lowest BCUT2D eigenvalue weighted by Gasteiger charge is -2.47. The van der Waals surface area contributed by atoms with Gasteiger partial charge in [0.1, 0.15) is 23.0 Å². The van der Waals surface area contributed by atoms with Gasteiger partial charge < -0.3 is 9.47 Å². The van der Waals surface area contributed by atoms with Crippen LogP contribution in [0.1, 0.15) is 72.2 Å². The number of rotatable bonds is 0. The van der Waals surface area contributed by atoms with Gasteiger partial charge in [-0.2, -0.15) is 0 Å². The standard InChI is InChI=1S/C40H36B2O2/c1-21-10-14-31-30(17-21)42-29-20-25-28(19-26(29)40(7,8)36-24(4)11-15-32(43-31)38(36)42)41-27-13-9-22(2)18-34(27)44-33-16-12-23(3)35(37(33)41)39(25,5)6/h9-20H,1-8H3. The molecule has 0 saturated carbocycles. The summed E-state index contributed by atoms with van der Waals surface area (Å²) in [6.45, 7) is 18.8. The lowest BCUT2D eigenvalue weighted by atomic mass is 9.27. The third-order valence-electron chi connectivity index (χ3n) is 11.2. The maximum absolute atomic E-state index is 6.68. The van der Waals surface area contributed by atoms with Gasteiger partial charge in [-0.05, 0) is 113 Å². The number of ether oxygens (including phenoxy) is 2. The van der Waals surface area contributed by atoms with Crippen molar-refractivity contribution in [1.29, 1.82) is 0 Å². The van der Waals surface area contributed by atoms with Crippen LogP contribution in [0.25, 0.3) is 0 Å². The first kappa shape index (κ1) is 26.3. The quantitative estimate of drug-likeness (QED) is 0.226. The highest BCUT2D eigenvalue weighted by Crippen LogP contribution is 2.44. The topological polar surface area (TPSA) is 18.5 Å². The Morgan fingerprint density at radius 3 is 1.52 bits per heavy atom. The van der Waals surface area contributed by atoms with E-state index in [2.05, 4.69) is 128 Å². The average molecular weight is 570 g/mol. The molecule has 0 atom stereocenters. The van der Waals surface area contributed by atoms with Crippen molar-refractivity contribution >= 4 is 46.2 Å². The number of benzene rings is 5. The summed E-state index contributed by atoms with van der Waals surface area (Å²) in [6, 6.07) is 27.5. The van der Waals surface area contributed by atoms with Gasteiger partial charge in [0, 0.05) is 10.8 Å². The van der Waals surface area contributed by atoms with Gasteiger partial charge in [-0.25, -0.2) is 0 Å². The Morgan fingerprint density at radius 1 is 0.455 bits per heavy atom. The number of aryl methyl sites for hydroxylation is 4. The predicted octanol–water partition coefficient (Wildman–Crippen LogP) is 5.44. The van der Waals surface area contributed by atoms with E-state index in [0.29, 0.717) is 0 Å². The second kappa shape index (κ2) is 8.30. The van der Waals surface area contributed by atoms with Gasteiger partial charge in [0.25, 0.3) is 13.4 Å². The number of fused-ring (bicyclic) bond motifs is 8. The molecule has 0 N–H and O–H groups in total. The van der Waals surface area contributed by atoms with Gasteiger partial charge in [0.05, 0.1) is 0 Å². The summed E-state index contributed by atoms with van der Waals surface area (Å²) < 4.78 is 13.3. The summed E-state index contributed by atoms with van der Waals surface area (Å²) in [4.78, 5) is 0. The van der Waals surface area contributed by atoms with E-state index in [9.17, 15) is 0 Å². The Hall–Kier alpha value is -4.17. The normalized spacial score (nSPS) is 16.8. The monoisotopic (exact) mass is 570 g/mol. The fraction of sp³-hybridized carbons (Fsp3) is 0.250. The van der Waals surface area contributed by atoms with E-state index in [1.165, 1.54) is 77.3 Å². The van der Waals surface area contributed by atoms with Crippen LogP contribution >= 0.6 is 0 Å². The largest absolute Gasteiger partial charge is 0.458 e. The Labute approximate surface area is 261 Å². The molecule has 0 spiro atoms. The first-order chi connectivity index (χ1) is 21.0. The van der Waals surface area contributed by atoms with Gasteiger partial charge in [-0.3, -0.25) is 0 Å². The lowest BCUT2D eigenvalue weighted by molar-refractivity contribution is 0.483. The summed E-state index contributed by atoms with van der Waals surface area (Å²) in [5.41, 5.74) is 18.5. The molecule has 0 unspecified atom stereocenters. The van der Waals surface area contributed by atoms with Crippen LogP contribution in [0, 0.1) is 27.7 Å². The van der Waals surface area contributed by atoms with Gasteiger partial charge in [0.15, 0.2) is 0 Å². The molecule has 0 saturated heterocycles. The molecule has 0 bridgehead atoms. The average Bonchev–Trinajstić information content (AvgIpc) is 2.97. The lowest BCUT2D eigenvalue weighted by Crippen LogP contribution is -2.66. The van der Waals surface area contributed by atoms with Crippen LogP contribution in [0.3, 0.4) is 0 Å². The van der Waals surface area contributed by atoms with Crippen LogP contribution in [-0.4, -0.2) is 13.4 Å². The fourth-order valence-electron chi connectivity index (χ4n) is 9.44. The zero-order valence-electron chi connectivity index (χ0n) is 26.9. The third kappa shape index (κ3) is 3.14. The highest BCUT2D eigenvalue weighted by Gasteiger charge is 2.50. The van der Waals surface area contributed by atoms with Gasteiger partial charge in [-0.15, -0.1) is 0 Å². The molecule has 214 valence electrons. The molecule has 44 heavy (non-hydrogen) atoms. The Balaban J connectivity index is 1.41. The zero-order chi connectivity index (χ0) is 30.4. The Morgan fingerprint density at radius 2 is 0.932 bits per heavy atom. The van der Waals surface area contributed by atoms with Crippen molar-refractivity contribution in [2.75, 3.05) is 0 Å². The second-order valence-electron chi connectivity index (χ2n) is 14.8. The van der Waals surface area contributed by atoms with Crippen LogP contribution in [0.4, 0.5) is 0 Å². The molecular formula is C40H36B2O2. The van der Waals surface area contributed by atoms with E-state index < -0.39 is 0 Å². The van der Waals surface area contributed by atoms with E-state index in [1.807, 2.05) is 0 Å². The SMILES string of the molecule is Cc1ccc2c(c1)Oc1ccc(C)c3c1B2c1cc2c(cc1C3(C)C)B1c3cc(C)ccc3Oc3ccc(C)c(c31)C2(C)C. The maximum atomic E-state index is 6.68. The molecule has 0 aliphatic carbocycles. The summed E-state index contributed by atoms with van der Waals surface area (Å²) in [5, 5.41) is 0. The number of hydrogen-bond acceptors (Lipinski definition) is 2. The molecule has 4 heteroatoms. The molecular weight excluding hydrogens is 534 g/mol. The molecule has 0 radical (unpaired) electrons. The molecule has 0 aromatic heterocycles. The van der Waals surface area contributed by atoms with Crippen LogP contribution < -0.4 is 42.3 Å². The Kier molecular flexibility index (Phi) is 4.95. The molecule has 0 amide bonds. The second-order valence-corrected chi connectivity index (χ2v) is 14.8. The first-order valence-corrected chi connectivity index (χ1v) is 16.0. The summed E-state index contributed by atoms with van der Waals surface area (Å²) >= 11 is 0. The maximum Gasteiger partial charge on any atom is 0.251 e. The highest BCUT2D eigenvalue weighted by molar-refractivity contribution is 6.99. The highest BCUT2D eigenvalue weighted by atomic mass is 16.5. The molecule has 5 aromatic carbocycles. The van der Waals surface area contributed by atoms with Crippen molar-refractivity contribution in [2.24, 2.45) is 0 Å². The van der Waals surface area contributed by atoms with E-state index in [-0.39, 0.29) is 24.3 Å². The first-order valence-electron chi connectivity index (χ1n) is 16.0. The van der Waals surface area contributed by atoms with E-state index in [1.54, 1.807) is 0 Å². The predicted molar refractivity (Wildman–Crippen MR) is 185 cm³/mol. The molecule has 9 rings (SSSR count). The minimum atomic E-state index is -0.192. The zero-order valence-corrected chi connectivity index (χ0v) is 26.9. The van der Waals surface area contributed by atoms with Gasteiger partial charge in [0.2, 0.25) is 0 Å². The van der Waals surface area contributed by atoms with Crippen molar-refractivity contribution in [1.82, 2.24) is 0 Å². The number of hydrogen-bond donors (Lipinski definition) is 0. The molecule has 4 heterocycles. The van der Waals surface area contributed by atoms with Crippen molar-refractivity contribution in [3.05, 3.63) is 117 Å². The molecule has 5 aromatic rings. The summed E-state index contributed by atoms with van der Waals surface area (Å²) in [5.74, 6) is 3.97. The van der Waals surface area contributed by atoms with Crippen LogP contribution in [0.5, 0.6) is 23.0 Å². The molecule has 4 aliphatic heterocycles. The van der Waals surface area contributed by atoms with Gasteiger partial charge >= 0.3 is 0 Å². The minimum Gasteiger partial charge on any atom is -0.458 e. The van der Waals surface area contributed by atoms with Crippen molar-refractivity contribution in [3.63, 3.8) is 0 Å². The molecule has 4 aliphatic rings. The minimum absolute atomic E-state index is 0.131. The van der Waals surface area contributed by atoms with Crippen LogP contribution in [0.2, 0.25) is 0 Å². The molecule has 0 fully saturated rings. The van der Waals surface area contributed by atoms with Crippen LogP contribution in [0.15, 0.2) is 72.8 Å². The van der Waals surface area contributed by atoms with Crippen molar-refractivity contribution < 1.29 is 9.47 Å². The fourth-order valence-corrected chi connectivity index (χ4v) is 9.44. The van der Waals surface area contributed by atoms with Crippen molar-refractivity contribution in [2.45, 2.75) is 66.2 Å². The van der Waals surface area contributed by atoms with E-state index >= 15 is 0 Å². The van der Waals surface area contributed by atoms with Crippen molar-refractivity contribution in [3.8, 4) is 23.0 Å². The van der Waals surface area contributed by atoms with E-state index in [0.717, 1.165) is 23.0 Å². The Bertz CT molecular complexity index is 2140. The smallest absolute Gasteiger partial charge is 0.251 e.